The molecule has 5 heteroatoms. The van der Waals surface area contributed by atoms with Crippen LogP contribution in [0.15, 0.2) is 42.5 Å². The van der Waals surface area contributed by atoms with Gasteiger partial charge in [0.05, 0.1) is 14.2 Å². The molecule has 0 unspecified atom stereocenters. The summed E-state index contributed by atoms with van der Waals surface area (Å²) < 4.78 is 17.3. The average molecular weight is 397 g/mol. The van der Waals surface area contributed by atoms with Gasteiger partial charge in [0, 0.05) is 18.6 Å². The molecule has 1 aliphatic carbocycles. The number of ether oxygens (including phenoxy) is 3. The standard InChI is InChI=1S/C24H32N2O3/c1-27-22-14-19(16-25-20-10-12-26(13-11-20)21-8-9-21)15-23(28-2)24(22)29-17-18-6-4-3-5-7-18/h3-7,14-15,20-21,25H,8-13,16-17H2,1-2H3. The molecule has 4 rings (SSSR count). The fraction of sp³-hybridized carbons (Fsp3) is 0.500. The molecule has 0 atom stereocenters. The number of benzene rings is 2. The smallest absolute Gasteiger partial charge is 0.203 e. The second-order valence-corrected chi connectivity index (χ2v) is 8.03. The SMILES string of the molecule is COc1cc(CNC2CCN(C3CC3)CC2)cc(OC)c1OCc1ccccc1. The number of rotatable bonds is 9. The molecule has 0 amide bonds. The fourth-order valence-electron chi connectivity index (χ4n) is 4.08. The Labute approximate surface area is 174 Å². The molecular formula is C24H32N2O3. The number of nitrogens with zero attached hydrogens (tertiary/aromatic N) is 1. The summed E-state index contributed by atoms with van der Waals surface area (Å²) in [7, 11) is 3.35. The van der Waals surface area contributed by atoms with Crippen LogP contribution in [0.4, 0.5) is 0 Å². The first kappa shape index (κ1) is 20.0. The van der Waals surface area contributed by atoms with E-state index in [0.717, 1.165) is 23.7 Å². The summed E-state index contributed by atoms with van der Waals surface area (Å²) in [5, 5.41) is 3.72. The Morgan fingerprint density at radius 1 is 0.897 bits per heavy atom. The topological polar surface area (TPSA) is 43.0 Å². The first-order valence-electron chi connectivity index (χ1n) is 10.7. The number of methoxy groups -OCH3 is 2. The molecule has 2 aromatic carbocycles. The predicted molar refractivity (Wildman–Crippen MR) is 115 cm³/mol. The second-order valence-electron chi connectivity index (χ2n) is 8.03. The van der Waals surface area contributed by atoms with E-state index in [0.29, 0.717) is 29.9 Å². The highest BCUT2D eigenvalue weighted by molar-refractivity contribution is 5.54. The summed E-state index contributed by atoms with van der Waals surface area (Å²) in [6, 6.07) is 15.7. The highest BCUT2D eigenvalue weighted by Gasteiger charge is 2.31. The maximum atomic E-state index is 6.05. The van der Waals surface area contributed by atoms with Crippen molar-refractivity contribution in [1.29, 1.82) is 0 Å². The monoisotopic (exact) mass is 396 g/mol. The van der Waals surface area contributed by atoms with Crippen LogP contribution < -0.4 is 19.5 Å². The molecule has 0 spiro atoms. The lowest BCUT2D eigenvalue weighted by atomic mass is 10.0. The largest absolute Gasteiger partial charge is 0.493 e. The van der Waals surface area contributed by atoms with Gasteiger partial charge >= 0.3 is 0 Å². The van der Waals surface area contributed by atoms with Gasteiger partial charge in [-0.25, -0.2) is 0 Å². The van der Waals surface area contributed by atoms with Gasteiger partial charge in [-0.1, -0.05) is 30.3 Å². The van der Waals surface area contributed by atoms with Crippen molar-refractivity contribution in [2.24, 2.45) is 0 Å². The quantitative estimate of drug-likeness (QED) is 0.694. The number of hydrogen-bond acceptors (Lipinski definition) is 5. The molecule has 0 aromatic heterocycles. The average Bonchev–Trinajstić information content (AvgIpc) is 3.62. The Kier molecular flexibility index (Phi) is 6.57. The minimum absolute atomic E-state index is 0.477. The molecule has 1 N–H and O–H groups in total. The van der Waals surface area contributed by atoms with Crippen molar-refractivity contribution in [1.82, 2.24) is 10.2 Å². The predicted octanol–water partition coefficient (Wildman–Crippen LogP) is 4.00. The van der Waals surface area contributed by atoms with Crippen LogP contribution in [0.1, 0.15) is 36.8 Å². The molecule has 1 saturated carbocycles. The van der Waals surface area contributed by atoms with Crippen molar-refractivity contribution in [2.45, 2.75) is 50.9 Å². The summed E-state index contributed by atoms with van der Waals surface area (Å²) in [5.74, 6) is 2.07. The molecule has 2 aromatic rings. The summed E-state index contributed by atoms with van der Waals surface area (Å²) in [6.07, 6.45) is 5.25. The van der Waals surface area contributed by atoms with Crippen LogP contribution in [0, 0.1) is 0 Å². The summed E-state index contributed by atoms with van der Waals surface area (Å²) in [6.45, 7) is 3.73. The molecule has 156 valence electrons. The molecule has 2 aliphatic rings. The Hall–Kier alpha value is -2.24. The van der Waals surface area contributed by atoms with Crippen molar-refractivity contribution in [2.75, 3.05) is 27.3 Å². The highest BCUT2D eigenvalue weighted by atomic mass is 16.5. The normalized spacial score (nSPS) is 17.9. The summed E-state index contributed by atoms with van der Waals surface area (Å²) in [5.41, 5.74) is 2.26. The zero-order valence-electron chi connectivity index (χ0n) is 17.5. The maximum Gasteiger partial charge on any atom is 0.203 e. The minimum atomic E-state index is 0.477. The van der Waals surface area contributed by atoms with Gasteiger partial charge in [-0.15, -0.1) is 0 Å². The molecule has 1 heterocycles. The van der Waals surface area contributed by atoms with Crippen molar-refractivity contribution in [3.05, 3.63) is 53.6 Å². The van der Waals surface area contributed by atoms with E-state index in [4.69, 9.17) is 14.2 Å². The first-order chi connectivity index (χ1) is 14.3. The maximum absolute atomic E-state index is 6.05. The zero-order chi connectivity index (χ0) is 20.1. The summed E-state index contributed by atoms with van der Waals surface area (Å²) in [4.78, 5) is 2.66. The van der Waals surface area contributed by atoms with Gasteiger partial charge in [-0.2, -0.15) is 0 Å². The Morgan fingerprint density at radius 2 is 1.55 bits per heavy atom. The van der Waals surface area contributed by atoms with E-state index in [1.807, 2.05) is 30.3 Å². The number of likely N-dealkylation sites (tertiary alicyclic amines) is 1. The third-order valence-electron chi connectivity index (χ3n) is 5.93. The Balaban J connectivity index is 1.37. The van der Waals surface area contributed by atoms with E-state index in [1.165, 1.54) is 38.8 Å². The van der Waals surface area contributed by atoms with Crippen LogP contribution in [0.2, 0.25) is 0 Å². The van der Waals surface area contributed by atoms with Gasteiger partial charge in [0.25, 0.3) is 0 Å². The van der Waals surface area contributed by atoms with E-state index in [1.54, 1.807) is 14.2 Å². The molecular weight excluding hydrogens is 364 g/mol. The van der Waals surface area contributed by atoms with E-state index in [2.05, 4.69) is 22.3 Å². The minimum Gasteiger partial charge on any atom is -0.493 e. The van der Waals surface area contributed by atoms with Crippen LogP contribution in [-0.4, -0.2) is 44.3 Å². The lowest BCUT2D eigenvalue weighted by Crippen LogP contribution is -2.43. The number of piperidine rings is 1. The molecule has 2 fully saturated rings. The van der Waals surface area contributed by atoms with Crippen molar-refractivity contribution in [3.63, 3.8) is 0 Å². The van der Waals surface area contributed by atoms with Gasteiger partial charge in [0.1, 0.15) is 6.61 Å². The zero-order valence-corrected chi connectivity index (χ0v) is 17.5. The van der Waals surface area contributed by atoms with Crippen LogP contribution in [0.3, 0.4) is 0 Å². The van der Waals surface area contributed by atoms with E-state index in [-0.39, 0.29) is 0 Å². The first-order valence-corrected chi connectivity index (χ1v) is 10.7. The van der Waals surface area contributed by atoms with Gasteiger partial charge in [-0.3, -0.25) is 0 Å². The molecule has 0 radical (unpaired) electrons. The Morgan fingerprint density at radius 3 is 2.14 bits per heavy atom. The number of nitrogens with one attached hydrogen (secondary N) is 1. The third kappa shape index (κ3) is 5.22. The van der Waals surface area contributed by atoms with E-state index >= 15 is 0 Å². The van der Waals surface area contributed by atoms with Crippen molar-refractivity contribution in [3.8, 4) is 17.2 Å². The lowest BCUT2D eigenvalue weighted by molar-refractivity contribution is 0.189. The second kappa shape index (κ2) is 9.51. The summed E-state index contributed by atoms with van der Waals surface area (Å²) >= 11 is 0. The van der Waals surface area contributed by atoms with Gasteiger partial charge in [0.2, 0.25) is 5.75 Å². The van der Waals surface area contributed by atoms with Crippen LogP contribution in [-0.2, 0) is 13.2 Å². The van der Waals surface area contributed by atoms with Crippen molar-refractivity contribution < 1.29 is 14.2 Å². The highest BCUT2D eigenvalue weighted by Crippen LogP contribution is 2.39. The molecule has 5 nitrogen and oxygen atoms in total. The fourth-order valence-corrected chi connectivity index (χ4v) is 4.08. The van der Waals surface area contributed by atoms with E-state index in [9.17, 15) is 0 Å². The van der Waals surface area contributed by atoms with Crippen LogP contribution in [0.5, 0.6) is 17.2 Å². The van der Waals surface area contributed by atoms with Gasteiger partial charge in [0.15, 0.2) is 11.5 Å². The van der Waals surface area contributed by atoms with Gasteiger partial charge in [-0.05, 0) is 62.0 Å². The number of hydrogen-bond donors (Lipinski definition) is 1. The molecule has 1 aliphatic heterocycles. The van der Waals surface area contributed by atoms with E-state index < -0.39 is 0 Å². The Bertz CT molecular complexity index is 759. The lowest BCUT2D eigenvalue weighted by Gasteiger charge is -2.32. The third-order valence-corrected chi connectivity index (χ3v) is 5.93. The van der Waals surface area contributed by atoms with Crippen LogP contribution in [0.25, 0.3) is 0 Å². The van der Waals surface area contributed by atoms with Gasteiger partial charge < -0.3 is 24.4 Å². The molecule has 29 heavy (non-hydrogen) atoms. The molecule has 0 bridgehead atoms. The molecule has 1 saturated heterocycles. The van der Waals surface area contributed by atoms with Crippen molar-refractivity contribution >= 4 is 0 Å². The van der Waals surface area contributed by atoms with Crippen LogP contribution >= 0.6 is 0 Å².